The molecule has 6 rings (SSSR count). The van der Waals surface area contributed by atoms with Gasteiger partial charge in [-0.1, -0.05) is 23.7 Å². The quantitative estimate of drug-likeness (QED) is 0.456. The molecule has 2 unspecified atom stereocenters. The minimum Gasteiger partial charge on any atom is -0.493 e. The number of carboxylic acids is 1. The van der Waals surface area contributed by atoms with Crippen LogP contribution < -0.4 is 9.47 Å². The van der Waals surface area contributed by atoms with E-state index in [1.165, 1.54) is 0 Å². The monoisotopic (exact) mass is 536 g/mol. The average molecular weight is 537 g/mol. The molecule has 2 aromatic carbocycles. The van der Waals surface area contributed by atoms with Gasteiger partial charge in [-0.2, -0.15) is 0 Å². The molecule has 4 atom stereocenters. The van der Waals surface area contributed by atoms with Gasteiger partial charge in [0.2, 0.25) is 5.91 Å². The lowest BCUT2D eigenvalue weighted by Crippen LogP contribution is -2.34. The average Bonchev–Trinajstić information content (AvgIpc) is 3.25. The number of likely N-dealkylation sites (tertiary alicyclic amines) is 1. The van der Waals surface area contributed by atoms with Crippen LogP contribution in [0.25, 0.3) is 5.69 Å². The number of amides is 1. The van der Waals surface area contributed by atoms with E-state index in [2.05, 4.69) is 4.57 Å². The lowest BCUT2D eigenvalue weighted by Gasteiger charge is -2.26. The number of carbonyl (C=O) groups is 2. The summed E-state index contributed by atoms with van der Waals surface area (Å²) < 4.78 is 20.2. The fourth-order valence-corrected chi connectivity index (χ4v) is 6.31. The van der Waals surface area contributed by atoms with Gasteiger partial charge in [-0.3, -0.25) is 9.59 Å². The Kier molecular flexibility index (Phi) is 6.12. The molecule has 1 saturated carbocycles. The van der Waals surface area contributed by atoms with Gasteiger partial charge in [-0.25, -0.2) is 0 Å². The summed E-state index contributed by atoms with van der Waals surface area (Å²) in [5.41, 5.74) is 2.79. The van der Waals surface area contributed by atoms with E-state index in [0.717, 1.165) is 22.5 Å². The standard InChI is InChI=1S/C29H29ClN2O6/c1-36-24-7-3-5-19(27(24)37-2)26-20-13-18(30)8-9-21(20)32-12-4-6-22(32)23(38-26)10-11-25(33)31-15-17-14-29(17,16-31)28(34)35/h3-9,12-13,17,23,26H,10-11,14-16H2,1-2H3,(H,34,35)/t17?,23-,26-,29?/m1/s1. The predicted octanol–water partition coefficient (Wildman–Crippen LogP) is 5.02. The predicted molar refractivity (Wildman–Crippen MR) is 140 cm³/mol. The van der Waals surface area contributed by atoms with Gasteiger partial charge >= 0.3 is 5.97 Å². The molecule has 1 aromatic heterocycles. The van der Waals surface area contributed by atoms with Gasteiger partial charge in [0.15, 0.2) is 11.5 Å². The van der Waals surface area contributed by atoms with Crippen LogP contribution in [-0.2, 0) is 14.3 Å². The first-order valence-corrected chi connectivity index (χ1v) is 13.1. The minimum atomic E-state index is -0.797. The van der Waals surface area contributed by atoms with Crippen LogP contribution in [0.1, 0.15) is 48.3 Å². The molecule has 3 heterocycles. The highest BCUT2D eigenvalue weighted by Crippen LogP contribution is 2.58. The lowest BCUT2D eigenvalue weighted by atomic mass is 9.98. The molecule has 1 aliphatic carbocycles. The smallest absolute Gasteiger partial charge is 0.311 e. The van der Waals surface area contributed by atoms with E-state index in [4.69, 9.17) is 25.8 Å². The topological polar surface area (TPSA) is 90.2 Å². The van der Waals surface area contributed by atoms with Crippen molar-refractivity contribution in [2.24, 2.45) is 11.3 Å². The number of carbonyl (C=O) groups excluding carboxylic acids is 1. The van der Waals surface area contributed by atoms with E-state index in [-0.39, 0.29) is 18.2 Å². The van der Waals surface area contributed by atoms with Crippen LogP contribution in [0.15, 0.2) is 54.7 Å². The summed E-state index contributed by atoms with van der Waals surface area (Å²) >= 11 is 6.46. The fraction of sp³-hybridized carbons (Fsp3) is 0.379. The molecule has 2 fully saturated rings. The Hall–Kier alpha value is -3.49. The molecule has 8 nitrogen and oxygen atoms in total. The largest absolute Gasteiger partial charge is 0.493 e. The molecule has 38 heavy (non-hydrogen) atoms. The summed E-state index contributed by atoms with van der Waals surface area (Å²) in [6, 6.07) is 15.4. The normalized spacial score (nSPS) is 25.1. The fourth-order valence-electron chi connectivity index (χ4n) is 6.13. The first-order valence-electron chi connectivity index (χ1n) is 12.7. The number of hydrogen-bond acceptors (Lipinski definition) is 5. The molecular weight excluding hydrogens is 508 g/mol. The third kappa shape index (κ3) is 3.94. The number of piperidine rings is 1. The van der Waals surface area contributed by atoms with Gasteiger partial charge in [-0.05, 0) is 55.2 Å². The number of benzene rings is 2. The van der Waals surface area contributed by atoms with E-state index in [1.54, 1.807) is 19.1 Å². The zero-order chi connectivity index (χ0) is 26.6. The maximum absolute atomic E-state index is 13.2. The van der Waals surface area contributed by atoms with Crippen molar-refractivity contribution in [1.82, 2.24) is 9.47 Å². The highest BCUT2D eigenvalue weighted by atomic mass is 35.5. The molecule has 0 radical (unpaired) electrons. The molecule has 1 amide bonds. The van der Waals surface area contributed by atoms with Gasteiger partial charge in [0.05, 0.1) is 37.1 Å². The van der Waals surface area contributed by atoms with Crippen molar-refractivity contribution in [2.75, 3.05) is 27.3 Å². The second-order valence-corrected chi connectivity index (χ2v) is 10.7. The SMILES string of the molecule is COc1cccc([C@H]2O[C@H](CCC(=O)N3CC4CC4(C(=O)O)C3)c3cccn3-c3ccc(Cl)cc32)c1OC. The summed E-state index contributed by atoms with van der Waals surface area (Å²) in [5.74, 6) is 0.392. The Balaban J connectivity index is 1.33. The summed E-state index contributed by atoms with van der Waals surface area (Å²) in [5, 5.41) is 10.2. The van der Waals surface area contributed by atoms with E-state index in [1.807, 2.05) is 54.7 Å². The number of halogens is 1. The minimum absolute atomic E-state index is 0.0418. The molecule has 9 heteroatoms. The number of methoxy groups -OCH3 is 2. The molecule has 1 saturated heterocycles. The van der Waals surface area contributed by atoms with Crippen molar-refractivity contribution in [1.29, 1.82) is 0 Å². The van der Waals surface area contributed by atoms with Crippen molar-refractivity contribution in [3.63, 3.8) is 0 Å². The van der Waals surface area contributed by atoms with Gasteiger partial charge in [0.1, 0.15) is 6.10 Å². The Bertz CT molecular complexity index is 1420. The number of hydrogen-bond donors (Lipinski definition) is 1. The van der Waals surface area contributed by atoms with Gasteiger partial charge in [0.25, 0.3) is 0 Å². The van der Waals surface area contributed by atoms with Crippen molar-refractivity contribution < 1.29 is 28.9 Å². The van der Waals surface area contributed by atoms with Crippen LogP contribution in [0.3, 0.4) is 0 Å². The van der Waals surface area contributed by atoms with Crippen molar-refractivity contribution >= 4 is 23.5 Å². The summed E-state index contributed by atoms with van der Waals surface area (Å²) in [7, 11) is 3.19. The van der Waals surface area contributed by atoms with Crippen LogP contribution in [0.4, 0.5) is 0 Å². The van der Waals surface area contributed by atoms with E-state index < -0.39 is 23.6 Å². The first kappa shape index (κ1) is 24.8. The Labute approximate surface area is 225 Å². The van der Waals surface area contributed by atoms with E-state index in [0.29, 0.717) is 42.5 Å². The van der Waals surface area contributed by atoms with Crippen LogP contribution in [0.2, 0.25) is 5.02 Å². The number of carboxylic acid groups (broad SMARTS) is 1. The molecule has 3 aromatic rings. The van der Waals surface area contributed by atoms with Crippen molar-refractivity contribution in [3.05, 3.63) is 76.6 Å². The highest BCUT2D eigenvalue weighted by Gasteiger charge is 2.66. The van der Waals surface area contributed by atoms with Crippen LogP contribution in [-0.4, -0.2) is 53.8 Å². The van der Waals surface area contributed by atoms with E-state index >= 15 is 0 Å². The van der Waals surface area contributed by atoms with E-state index in [9.17, 15) is 14.7 Å². The van der Waals surface area contributed by atoms with Gasteiger partial charge in [0, 0.05) is 41.9 Å². The number of para-hydroxylation sites is 1. The number of aliphatic carboxylic acids is 1. The number of rotatable bonds is 7. The molecule has 0 spiro atoms. The summed E-state index contributed by atoms with van der Waals surface area (Å²) in [6.07, 6.45) is 2.38. The number of fused-ring (bicyclic) bond motifs is 4. The third-order valence-electron chi connectivity index (χ3n) is 8.20. The molecule has 0 bridgehead atoms. The first-order chi connectivity index (χ1) is 18.4. The third-order valence-corrected chi connectivity index (χ3v) is 8.44. The second-order valence-electron chi connectivity index (χ2n) is 10.3. The maximum atomic E-state index is 13.2. The van der Waals surface area contributed by atoms with Crippen molar-refractivity contribution in [2.45, 2.75) is 31.5 Å². The van der Waals surface area contributed by atoms with Crippen LogP contribution >= 0.6 is 11.6 Å². The zero-order valence-corrected chi connectivity index (χ0v) is 22.0. The molecule has 198 valence electrons. The molecule has 1 N–H and O–H groups in total. The lowest BCUT2D eigenvalue weighted by molar-refractivity contribution is -0.144. The summed E-state index contributed by atoms with van der Waals surface area (Å²) in [6.45, 7) is 0.807. The van der Waals surface area contributed by atoms with Crippen LogP contribution in [0.5, 0.6) is 11.5 Å². The number of nitrogens with zero attached hydrogens (tertiary/aromatic N) is 2. The Morgan fingerprint density at radius 2 is 1.97 bits per heavy atom. The van der Waals surface area contributed by atoms with Crippen LogP contribution in [0, 0.1) is 11.3 Å². The Morgan fingerprint density at radius 3 is 2.71 bits per heavy atom. The zero-order valence-electron chi connectivity index (χ0n) is 21.2. The highest BCUT2D eigenvalue weighted by molar-refractivity contribution is 6.30. The second kappa shape index (κ2) is 9.36. The number of aromatic nitrogens is 1. The van der Waals surface area contributed by atoms with Gasteiger partial charge < -0.3 is 28.8 Å². The Morgan fingerprint density at radius 1 is 1.13 bits per heavy atom. The molecule has 3 aliphatic rings. The summed E-state index contributed by atoms with van der Waals surface area (Å²) in [4.78, 5) is 26.6. The molecule has 2 aliphatic heterocycles. The number of ether oxygens (including phenoxy) is 3. The molecular formula is C29H29ClN2O6. The van der Waals surface area contributed by atoms with Crippen molar-refractivity contribution in [3.8, 4) is 17.2 Å². The van der Waals surface area contributed by atoms with Gasteiger partial charge in [-0.15, -0.1) is 0 Å². The maximum Gasteiger partial charge on any atom is 0.311 e.